The average Bonchev–Trinajstić information content (AvgIpc) is 2.46. The number of hydrogen-bond acceptors (Lipinski definition) is 2. The molecule has 1 saturated carbocycles. The van der Waals surface area contributed by atoms with E-state index in [2.05, 4.69) is 19.2 Å². The lowest BCUT2D eigenvalue weighted by atomic mass is 9.72. The van der Waals surface area contributed by atoms with Crippen molar-refractivity contribution in [3.63, 3.8) is 0 Å². The molecular weight excluding hydrogens is 278 g/mol. The summed E-state index contributed by atoms with van der Waals surface area (Å²) >= 11 is 0. The van der Waals surface area contributed by atoms with Gasteiger partial charge in [0.1, 0.15) is 0 Å². The number of aromatic carboxylic acids is 1. The molecule has 2 N–H and O–H groups in total. The van der Waals surface area contributed by atoms with Crippen LogP contribution in [0, 0.1) is 11.3 Å². The van der Waals surface area contributed by atoms with Crippen molar-refractivity contribution in [1.82, 2.24) is 5.32 Å². The van der Waals surface area contributed by atoms with Gasteiger partial charge in [-0.3, -0.25) is 4.79 Å². The first-order valence-corrected chi connectivity index (χ1v) is 7.97. The van der Waals surface area contributed by atoms with Crippen LogP contribution >= 0.6 is 0 Å². The zero-order valence-electron chi connectivity index (χ0n) is 13.4. The average molecular weight is 303 g/mol. The zero-order chi connectivity index (χ0) is 16.2. The van der Waals surface area contributed by atoms with Crippen molar-refractivity contribution >= 4 is 11.9 Å². The monoisotopic (exact) mass is 303 g/mol. The maximum absolute atomic E-state index is 12.2. The molecule has 4 heteroatoms. The van der Waals surface area contributed by atoms with Crippen LogP contribution in [0.25, 0.3) is 0 Å². The molecular formula is C18H25NO3. The van der Waals surface area contributed by atoms with E-state index in [1.54, 1.807) is 18.2 Å². The third kappa shape index (κ3) is 4.58. The molecule has 1 atom stereocenters. The first kappa shape index (κ1) is 16.5. The number of rotatable bonds is 5. The van der Waals surface area contributed by atoms with Crippen molar-refractivity contribution in [3.05, 3.63) is 35.4 Å². The fourth-order valence-corrected chi connectivity index (χ4v) is 3.26. The summed E-state index contributed by atoms with van der Waals surface area (Å²) in [6.45, 7) is 5.01. The van der Waals surface area contributed by atoms with E-state index in [9.17, 15) is 9.59 Å². The molecule has 1 amide bonds. The van der Waals surface area contributed by atoms with Crippen LogP contribution in [0.2, 0.25) is 0 Å². The van der Waals surface area contributed by atoms with Gasteiger partial charge < -0.3 is 10.4 Å². The number of nitrogens with one attached hydrogen (secondary N) is 1. The molecule has 22 heavy (non-hydrogen) atoms. The molecule has 1 aromatic carbocycles. The number of carboxylic acid groups (broad SMARTS) is 1. The van der Waals surface area contributed by atoms with E-state index < -0.39 is 5.97 Å². The van der Waals surface area contributed by atoms with Gasteiger partial charge in [0.2, 0.25) is 5.91 Å². The van der Waals surface area contributed by atoms with Crippen molar-refractivity contribution in [1.29, 1.82) is 0 Å². The molecule has 4 nitrogen and oxygen atoms in total. The zero-order valence-corrected chi connectivity index (χ0v) is 13.4. The van der Waals surface area contributed by atoms with E-state index in [0.717, 1.165) is 24.8 Å². The Morgan fingerprint density at radius 2 is 2.14 bits per heavy atom. The maximum Gasteiger partial charge on any atom is 0.335 e. The molecule has 0 saturated heterocycles. The van der Waals surface area contributed by atoms with Gasteiger partial charge >= 0.3 is 5.97 Å². The van der Waals surface area contributed by atoms with Crippen molar-refractivity contribution in [2.75, 3.05) is 6.54 Å². The van der Waals surface area contributed by atoms with E-state index in [1.165, 1.54) is 6.42 Å². The molecule has 1 fully saturated rings. The maximum atomic E-state index is 12.2. The molecule has 0 heterocycles. The third-order valence-corrected chi connectivity index (χ3v) is 4.46. The topological polar surface area (TPSA) is 66.4 Å². The Balaban J connectivity index is 1.82. The van der Waals surface area contributed by atoms with Crippen LogP contribution < -0.4 is 5.32 Å². The number of carbonyl (C=O) groups excluding carboxylic acids is 1. The van der Waals surface area contributed by atoms with E-state index >= 15 is 0 Å². The molecule has 0 radical (unpaired) electrons. The summed E-state index contributed by atoms with van der Waals surface area (Å²) in [5.74, 6) is -0.661. The van der Waals surface area contributed by atoms with Gasteiger partial charge in [0, 0.05) is 12.5 Å². The molecule has 2 rings (SSSR count). The quantitative estimate of drug-likeness (QED) is 0.877. The van der Waals surface area contributed by atoms with Crippen LogP contribution in [0.4, 0.5) is 0 Å². The molecule has 1 aliphatic carbocycles. The van der Waals surface area contributed by atoms with Crippen molar-refractivity contribution in [2.45, 2.75) is 46.0 Å². The highest BCUT2D eigenvalue weighted by atomic mass is 16.4. The number of carbonyl (C=O) groups is 2. The van der Waals surface area contributed by atoms with Crippen LogP contribution in [0.3, 0.4) is 0 Å². The summed E-state index contributed by atoms with van der Waals surface area (Å²) in [7, 11) is 0. The molecule has 0 spiro atoms. The lowest BCUT2D eigenvalue weighted by Gasteiger charge is -2.34. The summed E-state index contributed by atoms with van der Waals surface area (Å²) in [6, 6.07) is 6.87. The van der Waals surface area contributed by atoms with Gasteiger partial charge in [0.25, 0.3) is 0 Å². The van der Waals surface area contributed by atoms with E-state index in [1.807, 2.05) is 6.07 Å². The molecule has 120 valence electrons. The summed E-state index contributed by atoms with van der Waals surface area (Å²) in [4.78, 5) is 23.2. The lowest BCUT2D eigenvalue weighted by molar-refractivity contribution is -0.127. The van der Waals surface area contributed by atoms with Crippen LogP contribution in [-0.4, -0.2) is 23.5 Å². The first-order chi connectivity index (χ1) is 10.4. The standard InChI is InChI=1S/C18H25NO3/c1-18(2)9-4-7-15(12-18)16(20)19-10-8-13-5-3-6-14(11-13)17(21)22/h3,5-6,11,15H,4,7-10,12H2,1-2H3,(H,19,20)(H,21,22). The van der Waals surface area contributed by atoms with Gasteiger partial charge in [-0.1, -0.05) is 32.4 Å². The fraction of sp³-hybridized carbons (Fsp3) is 0.556. The Morgan fingerprint density at radius 1 is 1.36 bits per heavy atom. The van der Waals surface area contributed by atoms with Crippen molar-refractivity contribution in [2.24, 2.45) is 11.3 Å². The van der Waals surface area contributed by atoms with Gasteiger partial charge in [-0.2, -0.15) is 0 Å². The van der Waals surface area contributed by atoms with Gasteiger partial charge in [-0.25, -0.2) is 4.79 Å². The Labute approximate surface area is 131 Å². The highest BCUT2D eigenvalue weighted by Crippen LogP contribution is 2.38. The molecule has 0 aliphatic heterocycles. The summed E-state index contributed by atoms with van der Waals surface area (Å²) in [6.07, 6.45) is 4.89. The predicted molar refractivity (Wildman–Crippen MR) is 85.9 cm³/mol. The second-order valence-electron chi connectivity index (χ2n) is 7.00. The van der Waals surface area contributed by atoms with Crippen LogP contribution in [0.1, 0.15) is 55.5 Å². The lowest BCUT2D eigenvalue weighted by Crippen LogP contribution is -2.36. The summed E-state index contributed by atoms with van der Waals surface area (Å²) in [5, 5.41) is 12.0. The highest BCUT2D eigenvalue weighted by molar-refractivity contribution is 5.87. The Hall–Kier alpha value is -1.84. The Morgan fingerprint density at radius 3 is 2.82 bits per heavy atom. The fourth-order valence-electron chi connectivity index (χ4n) is 3.26. The van der Waals surface area contributed by atoms with E-state index in [4.69, 9.17) is 5.11 Å². The molecule has 1 unspecified atom stereocenters. The van der Waals surface area contributed by atoms with E-state index in [0.29, 0.717) is 13.0 Å². The van der Waals surface area contributed by atoms with Gasteiger partial charge in [0.05, 0.1) is 5.56 Å². The minimum Gasteiger partial charge on any atom is -0.478 e. The highest BCUT2D eigenvalue weighted by Gasteiger charge is 2.31. The summed E-state index contributed by atoms with van der Waals surface area (Å²) < 4.78 is 0. The van der Waals surface area contributed by atoms with Crippen molar-refractivity contribution in [3.8, 4) is 0 Å². The number of hydrogen-bond donors (Lipinski definition) is 2. The molecule has 1 aromatic rings. The predicted octanol–water partition coefficient (Wildman–Crippen LogP) is 3.26. The third-order valence-electron chi connectivity index (χ3n) is 4.46. The molecule has 0 aromatic heterocycles. The largest absolute Gasteiger partial charge is 0.478 e. The number of benzene rings is 1. The summed E-state index contributed by atoms with van der Waals surface area (Å²) in [5.41, 5.74) is 1.48. The molecule has 1 aliphatic rings. The SMILES string of the molecule is CC1(C)CCCC(C(=O)NCCc2cccc(C(=O)O)c2)C1. The van der Waals surface area contributed by atoms with E-state index in [-0.39, 0.29) is 22.8 Å². The second-order valence-corrected chi connectivity index (χ2v) is 7.00. The smallest absolute Gasteiger partial charge is 0.335 e. The Kier molecular flexibility index (Phi) is 5.22. The number of carboxylic acids is 1. The van der Waals surface area contributed by atoms with Crippen LogP contribution in [0.5, 0.6) is 0 Å². The van der Waals surface area contributed by atoms with Crippen LogP contribution in [-0.2, 0) is 11.2 Å². The minimum absolute atomic E-state index is 0.120. The minimum atomic E-state index is -0.921. The normalized spacial score (nSPS) is 20.4. The van der Waals surface area contributed by atoms with Gasteiger partial charge in [-0.05, 0) is 48.8 Å². The second kappa shape index (κ2) is 6.95. The van der Waals surface area contributed by atoms with Gasteiger partial charge in [-0.15, -0.1) is 0 Å². The van der Waals surface area contributed by atoms with Crippen LogP contribution in [0.15, 0.2) is 24.3 Å². The Bertz CT molecular complexity index is 551. The molecule has 0 bridgehead atoms. The van der Waals surface area contributed by atoms with Crippen molar-refractivity contribution < 1.29 is 14.7 Å². The van der Waals surface area contributed by atoms with Gasteiger partial charge in [0.15, 0.2) is 0 Å². The number of amides is 1. The first-order valence-electron chi connectivity index (χ1n) is 7.97.